The molecular formula is C28H38O13. The zero-order valence-electron chi connectivity index (χ0n) is 23.2. The number of carbonyl (C=O) groups is 3. The Balaban J connectivity index is 1.52. The van der Waals surface area contributed by atoms with E-state index >= 15 is 0 Å². The summed E-state index contributed by atoms with van der Waals surface area (Å²) in [4.78, 5) is 37.9. The van der Waals surface area contributed by atoms with Gasteiger partial charge in [0.25, 0.3) is 0 Å². The number of cyclic esters (lactones) is 1. The molecule has 0 spiro atoms. The van der Waals surface area contributed by atoms with Crippen LogP contribution in [0.5, 0.6) is 0 Å². The predicted octanol–water partition coefficient (Wildman–Crippen LogP) is 0.369. The highest BCUT2D eigenvalue weighted by atomic mass is 16.7. The average Bonchev–Trinajstić information content (AvgIpc) is 3.45. The summed E-state index contributed by atoms with van der Waals surface area (Å²) in [5.41, 5.74) is -0.110. The molecule has 8 unspecified atom stereocenters. The van der Waals surface area contributed by atoms with Crippen LogP contribution in [-0.2, 0) is 38.1 Å². The lowest BCUT2D eigenvalue weighted by molar-refractivity contribution is -0.328. The van der Waals surface area contributed by atoms with Crippen LogP contribution in [0.3, 0.4) is 0 Å². The first kappa shape index (κ1) is 29.9. The molecule has 4 fully saturated rings. The molecule has 2 saturated carbocycles. The second-order valence-corrected chi connectivity index (χ2v) is 11.8. The van der Waals surface area contributed by atoms with Crippen molar-refractivity contribution < 1.29 is 62.9 Å². The zero-order valence-corrected chi connectivity index (χ0v) is 23.2. The maximum Gasteiger partial charge on any atom is 0.310 e. The van der Waals surface area contributed by atoms with Crippen LogP contribution in [0, 0.1) is 23.2 Å². The molecule has 2 aliphatic heterocycles. The smallest absolute Gasteiger partial charge is 0.310 e. The Morgan fingerprint density at radius 3 is 2.41 bits per heavy atom. The van der Waals surface area contributed by atoms with E-state index in [0.29, 0.717) is 24.8 Å². The molecule has 228 valence electrons. The first-order valence-electron chi connectivity index (χ1n) is 14.0. The van der Waals surface area contributed by atoms with Gasteiger partial charge in [-0.3, -0.25) is 14.4 Å². The first-order valence-corrected chi connectivity index (χ1v) is 14.0. The molecule has 2 aliphatic carbocycles. The highest BCUT2D eigenvalue weighted by Crippen LogP contribution is 2.61. The van der Waals surface area contributed by atoms with Gasteiger partial charge >= 0.3 is 17.9 Å². The number of hydrogen-bond donors (Lipinski definition) is 4. The number of aliphatic hydroxyl groups is 4. The Labute approximate surface area is 236 Å². The van der Waals surface area contributed by atoms with Crippen LogP contribution in [0.25, 0.3) is 0 Å². The number of esters is 3. The van der Waals surface area contributed by atoms with E-state index in [1.54, 1.807) is 6.07 Å². The van der Waals surface area contributed by atoms with Crippen LogP contribution in [0.1, 0.15) is 58.1 Å². The van der Waals surface area contributed by atoms with E-state index in [0.717, 1.165) is 0 Å². The van der Waals surface area contributed by atoms with Crippen LogP contribution in [0.2, 0.25) is 0 Å². The highest BCUT2D eigenvalue weighted by molar-refractivity contribution is 5.75. The van der Waals surface area contributed by atoms with E-state index in [1.165, 1.54) is 26.4 Å². The van der Waals surface area contributed by atoms with E-state index < -0.39 is 90.9 Å². The van der Waals surface area contributed by atoms with Gasteiger partial charge < -0.3 is 48.5 Å². The molecule has 1 aromatic rings. The van der Waals surface area contributed by atoms with Crippen LogP contribution >= 0.6 is 0 Å². The van der Waals surface area contributed by atoms with Gasteiger partial charge in [-0.25, -0.2) is 0 Å². The van der Waals surface area contributed by atoms with Gasteiger partial charge in [0.2, 0.25) is 0 Å². The normalized spacial score (nSPS) is 44.2. The predicted molar refractivity (Wildman–Crippen MR) is 134 cm³/mol. The summed E-state index contributed by atoms with van der Waals surface area (Å²) in [6.07, 6.45) is -6.25. The van der Waals surface area contributed by atoms with Gasteiger partial charge in [-0.05, 0) is 36.7 Å². The van der Waals surface area contributed by atoms with Gasteiger partial charge in [-0.2, -0.15) is 0 Å². The topological polar surface area (TPSA) is 191 Å². The second-order valence-electron chi connectivity index (χ2n) is 11.8. The minimum atomic E-state index is -1.64. The molecule has 2 saturated heterocycles. The molecule has 4 N–H and O–H groups in total. The molecule has 4 aliphatic rings. The summed E-state index contributed by atoms with van der Waals surface area (Å²) in [5.74, 6) is -2.99. The quantitative estimate of drug-likeness (QED) is 0.266. The van der Waals surface area contributed by atoms with Crippen LogP contribution in [-0.4, -0.2) is 94.0 Å². The van der Waals surface area contributed by atoms with Crippen molar-refractivity contribution in [2.75, 3.05) is 6.61 Å². The summed E-state index contributed by atoms with van der Waals surface area (Å²) in [7, 11) is 0. The fraction of sp³-hybridized carbons (Fsp3) is 0.750. The van der Waals surface area contributed by atoms with Gasteiger partial charge in [0.15, 0.2) is 6.29 Å². The Morgan fingerprint density at radius 2 is 1.78 bits per heavy atom. The molecule has 1 aromatic heterocycles. The molecule has 5 rings (SSSR count). The molecule has 13 atom stereocenters. The summed E-state index contributed by atoms with van der Waals surface area (Å²) in [6.45, 7) is 3.83. The van der Waals surface area contributed by atoms with Gasteiger partial charge in [0, 0.05) is 31.7 Å². The molecule has 41 heavy (non-hydrogen) atoms. The number of ether oxygens (including phenoxy) is 5. The van der Waals surface area contributed by atoms with Gasteiger partial charge in [-0.1, -0.05) is 6.92 Å². The highest BCUT2D eigenvalue weighted by Gasteiger charge is 2.64. The maximum absolute atomic E-state index is 13.4. The number of carbonyl (C=O) groups excluding carboxylic acids is 3. The molecule has 3 heterocycles. The Morgan fingerprint density at radius 1 is 1.05 bits per heavy atom. The number of aliphatic hydroxyl groups excluding tert-OH is 4. The molecule has 0 bridgehead atoms. The lowest BCUT2D eigenvalue weighted by Gasteiger charge is -2.59. The average molecular weight is 583 g/mol. The first-order chi connectivity index (χ1) is 19.4. The van der Waals surface area contributed by atoms with E-state index in [4.69, 9.17) is 28.1 Å². The van der Waals surface area contributed by atoms with E-state index in [2.05, 4.69) is 0 Å². The lowest BCUT2D eigenvalue weighted by Crippen LogP contribution is -2.65. The van der Waals surface area contributed by atoms with Crippen molar-refractivity contribution in [2.45, 2.75) is 102 Å². The number of hydrogen-bond acceptors (Lipinski definition) is 13. The fourth-order valence-corrected chi connectivity index (χ4v) is 7.55. The summed E-state index contributed by atoms with van der Waals surface area (Å²) < 4.78 is 34.4. The Kier molecular flexibility index (Phi) is 8.48. The molecule has 0 amide bonds. The van der Waals surface area contributed by atoms with Crippen LogP contribution in [0.4, 0.5) is 0 Å². The van der Waals surface area contributed by atoms with Crippen molar-refractivity contribution in [2.24, 2.45) is 23.2 Å². The number of rotatable bonds is 6. The van der Waals surface area contributed by atoms with Gasteiger partial charge in [-0.15, -0.1) is 0 Å². The van der Waals surface area contributed by atoms with Crippen molar-refractivity contribution in [3.63, 3.8) is 0 Å². The van der Waals surface area contributed by atoms with Crippen molar-refractivity contribution in [3.8, 4) is 0 Å². The van der Waals surface area contributed by atoms with Gasteiger partial charge in [0.05, 0.1) is 31.2 Å². The van der Waals surface area contributed by atoms with Gasteiger partial charge in [0.1, 0.15) is 42.7 Å². The third kappa shape index (κ3) is 5.51. The lowest BCUT2D eigenvalue weighted by atomic mass is 9.49. The third-order valence-corrected chi connectivity index (χ3v) is 9.33. The standard InChI is InChI=1S/C28H38O13/c1-12(30)37-18-8-17(40-27-24(34)23(33)22(32)20(10-29)41-27)15-4-5-16-26(35)39-19(14-6-7-36-11-14)9-28(16,3)21(15)25(18)38-13(2)31/h6-7,11,15-25,27,29,32-34H,4-5,8-10H2,1-3H3/t15?,16?,17?,18?,19?,20-,21?,22-,23+,24-,25?,27-,28?/m1/s1. The van der Waals surface area contributed by atoms with Crippen molar-refractivity contribution in [3.05, 3.63) is 24.2 Å². The van der Waals surface area contributed by atoms with Crippen molar-refractivity contribution in [1.29, 1.82) is 0 Å². The summed E-state index contributed by atoms with van der Waals surface area (Å²) >= 11 is 0. The SMILES string of the molecule is CC(=O)OC1CC(O[C@@H]2O[C@H](CO)[C@@H](O)[C@H](O)[C@H]2O)C2CCC3C(=O)OC(c4ccoc4)CC3(C)C2C1OC(C)=O. The monoisotopic (exact) mass is 582 g/mol. The maximum atomic E-state index is 13.4. The van der Waals surface area contributed by atoms with Crippen LogP contribution < -0.4 is 0 Å². The molecule has 13 nitrogen and oxygen atoms in total. The zero-order chi connectivity index (χ0) is 29.6. The van der Waals surface area contributed by atoms with Crippen LogP contribution in [0.15, 0.2) is 23.0 Å². The van der Waals surface area contributed by atoms with E-state index in [9.17, 15) is 34.8 Å². The number of fused-ring (bicyclic) bond motifs is 3. The fourth-order valence-electron chi connectivity index (χ4n) is 7.55. The van der Waals surface area contributed by atoms with Crippen molar-refractivity contribution >= 4 is 17.9 Å². The molecule has 0 radical (unpaired) electrons. The Bertz CT molecular complexity index is 1100. The van der Waals surface area contributed by atoms with E-state index in [-0.39, 0.29) is 18.3 Å². The second kappa shape index (κ2) is 11.6. The number of furan rings is 1. The minimum absolute atomic E-state index is 0.0735. The molecule has 0 aromatic carbocycles. The summed E-state index contributed by atoms with van der Waals surface area (Å²) in [5, 5.41) is 40.9. The minimum Gasteiger partial charge on any atom is -0.472 e. The molecular weight excluding hydrogens is 544 g/mol. The summed E-state index contributed by atoms with van der Waals surface area (Å²) in [6, 6.07) is 1.72. The van der Waals surface area contributed by atoms with Crippen molar-refractivity contribution in [1.82, 2.24) is 0 Å². The molecule has 13 heteroatoms. The Hall–Kier alpha value is -2.55. The largest absolute Gasteiger partial charge is 0.472 e. The third-order valence-electron chi connectivity index (χ3n) is 9.33. The van der Waals surface area contributed by atoms with E-state index in [1.807, 2.05) is 6.92 Å².